The van der Waals surface area contributed by atoms with E-state index in [-0.39, 0.29) is 6.04 Å². The highest BCUT2D eigenvalue weighted by molar-refractivity contribution is 6.30. The normalized spacial score (nSPS) is 12.2. The SMILES string of the molecule is Cc1ccc(NC(C)c2cccc(Cl)c2)c(C)c1O. The van der Waals surface area contributed by atoms with Gasteiger partial charge in [0.05, 0.1) is 0 Å². The van der Waals surface area contributed by atoms with E-state index < -0.39 is 0 Å². The third-order valence-electron chi connectivity index (χ3n) is 3.35. The summed E-state index contributed by atoms with van der Waals surface area (Å²) in [7, 11) is 0. The van der Waals surface area contributed by atoms with E-state index in [1.54, 1.807) is 0 Å². The van der Waals surface area contributed by atoms with Gasteiger partial charge in [0.25, 0.3) is 0 Å². The maximum Gasteiger partial charge on any atom is 0.123 e. The van der Waals surface area contributed by atoms with E-state index in [9.17, 15) is 5.11 Å². The summed E-state index contributed by atoms with van der Waals surface area (Å²) in [5.41, 5.74) is 3.81. The monoisotopic (exact) mass is 275 g/mol. The van der Waals surface area contributed by atoms with Crippen molar-refractivity contribution in [2.24, 2.45) is 0 Å². The predicted octanol–water partition coefficient (Wildman–Crippen LogP) is 4.84. The third-order valence-corrected chi connectivity index (χ3v) is 3.59. The zero-order valence-electron chi connectivity index (χ0n) is 11.4. The summed E-state index contributed by atoms with van der Waals surface area (Å²) in [6.07, 6.45) is 0. The molecule has 2 nitrogen and oxygen atoms in total. The van der Waals surface area contributed by atoms with Crippen molar-refractivity contribution in [3.05, 3.63) is 58.1 Å². The van der Waals surface area contributed by atoms with Crippen LogP contribution < -0.4 is 5.32 Å². The van der Waals surface area contributed by atoms with E-state index in [4.69, 9.17) is 11.6 Å². The molecule has 0 aromatic heterocycles. The molecule has 0 aliphatic heterocycles. The van der Waals surface area contributed by atoms with Crippen LogP contribution in [0.2, 0.25) is 5.02 Å². The third kappa shape index (κ3) is 3.02. The number of anilines is 1. The molecule has 0 aliphatic rings. The second-order valence-electron chi connectivity index (χ2n) is 4.82. The first kappa shape index (κ1) is 13.8. The Morgan fingerprint density at radius 2 is 1.89 bits per heavy atom. The van der Waals surface area contributed by atoms with Gasteiger partial charge in [-0.05, 0) is 50.1 Å². The maximum absolute atomic E-state index is 9.95. The van der Waals surface area contributed by atoms with Crippen LogP contribution in [-0.2, 0) is 0 Å². The van der Waals surface area contributed by atoms with E-state index in [1.165, 1.54) is 0 Å². The number of phenolic OH excluding ortho intramolecular Hbond substituents is 1. The number of nitrogens with one attached hydrogen (secondary N) is 1. The van der Waals surface area contributed by atoms with Gasteiger partial charge in [0.15, 0.2) is 0 Å². The topological polar surface area (TPSA) is 32.3 Å². The van der Waals surface area contributed by atoms with Crippen LogP contribution in [0.4, 0.5) is 5.69 Å². The van der Waals surface area contributed by atoms with Crippen LogP contribution >= 0.6 is 11.6 Å². The first-order valence-corrected chi connectivity index (χ1v) is 6.68. The molecule has 2 aromatic carbocycles. The van der Waals surface area contributed by atoms with Crippen molar-refractivity contribution in [2.45, 2.75) is 26.8 Å². The Morgan fingerprint density at radius 3 is 2.58 bits per heavy atom. The van der Waals surface area contributed by atoms with Crippen LogP contribution in [0.5, 0.6) is 5.75 Å². The van der Waals surface area contributed by atoms with Crippen LogP contribution in [0.3, 0.4) is 0 Å². The van der Waals surface area contributed by atoms with Crippen LogP contribution in [0.15, 0.2) is 36.4 Å². The standard InChI is InChI=1S/C16H18ClNO/c1-10-7-8-15(11(2)16(10)19)18-12(3)13-5-4-6-14(17)9-13/h4-9,12,18-19H,1-3H3. The summed E-state index contributed by atoms with van der Waals surface area (Å²) >= 11 is 6.00. The van der Waals surface area contributed by atoms with Gasteiger partial charge in [-0.25, -0.2) is 0 Å². The van der Waals surface area contributed by atoms with Gasteiger partial charge in [0, 0.05) is 22.3 Å². The molecule has 0 heterocycles. The molecule has 0 saturated carbocycles. The average molecular weight is 276 g/mol. The lowest BCUT2D eigenvalue weighted by atomic mass is 10.1. The summed E-state index contributed by atoms with van der Waals surface area (Å²) in [6.45, 7) is 5.88. The number of hydrogen-bond acceptors (Lipinski definition) is 2. The van der Waals surface area contributed by atoms with Crippen molar-refractivity contribution in [3.8, 4) is 5.75 Å². The van der Waals surface area contributed by atoms with Crippen LogP contribution in [0, 0.1) is 13.8 Å². The molecule has 1 unspecified atom stereocenters. The second-order valence-corrected chi connectivity index (χ2v) is 5.26. The highest BCUT2D eigenvalue weighted by Crippen LogP contribution is 2.30. The molecule has 19 heavy (non-hydrogen) atoms. The number of phenols is 1. The average Bonchev–Trinajstić information content (AvgIpc) is 2.39. The van der Waals surface area contributed by atoms with Crippen molar-refractivity contribution in [3.63, 3.8) is 0 Å². The molecule has 3 heteroatoms. The number of rotatable bonds is 3. The number of aromatic hydroxyl groups is 1. The molecular weight excluding hydrogens is 258 g/mol. The molecule has 0 amide bonds. The Bertz CT molecular complexity index is 595. The minimum Gasteiger partial charge on any atom is -0.507 e. The molecular formula is C16H18ClNO. The number of hydrogen-bond donors (Lipinski definition) is 2. The molecule has 0 aliphatic carbocycles. The molecule has 2 aromatic rings. The van der Waals surface area contributed by atoms with Crippen molar-refractivity contribution >= 4 is 17.3 Å². The fraction of sp³-hybridized carbons (Fsp3) is 0.250. The highest BCUT2D eigenvalue weighted by Gasteiger charge is 2.10. The van der Waals surface area contributed by atoms with Crippen molar-refractivity contribution in [1.29, 1.82) is 0 Å². The van der Waals surface area contributed by atoms with E-state index in [0.29, 0.717) is 5.75 Å². The van der Waals surface area contributed by atoms with Crippen LogP contribution in [-0.4, -0.2) is 5.11 Å². The molecule has 1 atom stereocenters. The summed E-state index contributed by atoms with van der Waals surface area (Å²) in [5, 5.41) is 14.1. The zero-order chi connectivity index (χ0) is 14.0. The highest BCUT2D eigenvalue weighted by atomic mass is 35.5. The van der Waals surface area contributed by atoms with Gasteiger partial charge >= 0.3 is 0 Å². The quantitative estimate of drug-likeness (QED) is 0.840. The van der Waals surface area contributed by atoms with Gasteiger partial charge in [-0.3, -0.25) is 0 Å². The fourth-order valence-corrected chi connectivity index (χ4v) is 2.28. The first-order valence-electron chi connectivity index (χ1n) is 6.30. The number of benzene rings is 2. The van der Waals surface area contributed by atoms with Gasteiger partial charge in [-0.15, -0.1) is 0 Å². The van der Waals surface area contributed by atoms with Gasteiger partial charge in [-0.2, -0.15) is 0 Å². The van der Waals surface area contributed by atoms with Gasteiger partial charge in [-0.1, -0.05) is 29.8 Å². The van der Waals surface area contributed by atoms with Crippen molar-refractivity contribution in [1.82, 2.24) is 0 Å². The lowest BCUT2D eigenvalue weighted by molar-refractivity contribution is 0.467. The van der Waals surface area contributed by atoms with Crippen molar-refractivity contribution in [2.75, 3.05) is 5.32 Å². The zero-order valence-corrected chi connectivity index (χ0v) is 12.1. The lowest BCUT2D eigenvalue weighted by Crippen LogP contribution is -2.07. The minimum atomic E-state index is 0.125. The Kier molecular flexibility index (Phi) is 4.01. The van der Waals surface area contributed by atoms with Gasteiger partial charge in [0.2, 0.25) is 0 Å². The lowest BCUT2D eigenvalue weighted by Gasteiger charge is -2.19. The largest absolute Gasteiger partial charge is 0.507 e. The fourth-order valence-electron chi connectivity index (χ4n) is 2.08. The second kappa shape index (κ2) is 5.54. The first-order chi connectivity index (χ1) is 8.99. The maximum atomic E-state index is 9.95. The Balaban J connectivity index is 2.24. The molecule has 100 valence electrons. The molecule has 2 N–H and O–H groups in total. The predicted molar refractivity (Wildman–Crippen MR) is 81.1 cm³/mol. The van der Waals surface area contributed by atoms with E-state index in [1.807, 2.05) is 50.2 Å². The molecule has 0 bridgehead atoms. The molecule has 0 saturated heterocycles. The van der Waals surface area contributed by atoms with E-state index in [2.05, 4.69) is 12.2 Å². The number of aryl methyl sites for hydroxylation is 1. The van der Waals surface area contributed by atoms with Crippen LogP contribution in [0.1, 0.15) is 29.7 Å². The Labute approximate surface area is 119 Å². The molecule has 0 spiro atoms. The Hall–Kier alpha value is -1.67. The molecule has 2 rings (SSSR count). The summed E-state index contributed by atoms with van der Waals surface area (Å²) in [4.78, 5) is 0. The molecule has 0 fully saturated rings. The van der Waals surface area contributed by atoms with E-state index in [0.717, 1.165) is 27.4 Å². The van der Waals surface area contributed by atoms with E-state index >= 15 is 0 Å². The number of halogens is 1. The molecule has 0 radical (unpaired) electrons. The Morgan fingerprint density at radius 1 is 1.16 bits per heavy atom. The smallest absolute Gasteiger partial charge is 0.123 e. The van der Waals surface area contributed by atoms with Crippen LogP contribution in [0.25, 0.3) is 0 Å². The van der Waals surface area contributed by atoms with Gasteiger partial charge < -0.3 is 10.4 Å². The van der Waals surface area contributed by atoms with Gasteiger partial charge in [0.1, 0.15) is 5.75 Å². The summed E-state index contributed by atoms with van der Waals surface area (Å²) < 4.78 is 0. The summed E-state index contributed by atoms with van der Waals surface area (Å²) in [5.74, 6) is 0.350. The summed E-state index contributed by atoms with van der Waals surface area (Å²) in [6, 6.07) is 11.8. The van der Waals surface area contributed by atoms with Crippen molar-refractivity contribution < 1.29 is 5.11 Å². The minimum absolute atomic E-state index is 0.125.